The summed E-state index contributed by atoms with van der Waals surface area (Å²) in [5.41, 5.74) is 0.740. The van der Waals surface area contributed by atoms with Gasteiger partial charge in [0.15, 0.2) is 5.65 Å². The lowest BCUT2D eigenvalue weighted by molar-refractivity contribution is 1.13. The van der Waals surface area contributed by atoms with E-state index in [1.54, 1.807) is 23.0 Å². The Labute approximate surface area is 76.2 Å². The molecule has 0 N–H and O–H groups in total. The maximum Gasteiger partial charge on any atom is 0.157 e. The summed E-state index contributed by atoms with van der Waals surface area (Å²) in [6.45, 7) is 0. The number of halogens is 2. The van der Waals surface area contributed by atoms with E-state index in [1.165, 1.54) is 0 Å². The second kappa shape index (κ2) is 2.46. The normalized spacial score (nSPS) is 10.7. The number of aromatic nitrogens is 3. The first-order valence-electron chi connectivity index (χ1n) is 2.92. The second-order valence-corrected chi connectivity index (χ2v) is 3.11. The van der Waals surface area contributed by atoms with Gasteiger partial charge in [0.2, 0.25) is 0 Å². The summed E-state index contributed by atoms with van der Waals surface area (Å²) < 4.78 is 2.39. The molecule has 0 aromatic carbocycles. The van der Waals surface area contributed by atoms with Crippen LogP contribution in [0.15, 0.2) is 23.2 Å². The van der Waals surface area contributed by atoms with Gasteiger partial charge in [0, 0.05) is 12.4 Å². The fraction of sp³-hybridized carbons (Fsp3) is 0. The third-order valence-electron chi connectivity index (χ3n) is 1.33. The largest absolute Gasteiger partial charge is 0.287 e. The van der Waals surface area contributed by atoms with Gasteiger partial charge >= 0.3 is 0 Å². The highest BCUT2D eigenvalue weighted by molar-refractivity contribution is 9.10. The summed E-state index contributed by atoms with van der Waals surface area (Å²) >= 11 is 9.08. The smallest absolute Gasteiger partial charge is 0.157 e. The molecule has 11 heavy (non-hydrogen) atoms. The number of nitrogens with zero attached hydrogens (tertiary/aromatic N) is 3. The molecule has 5 heteroatoms. The van der Waals surface area contributed by atoms with Crippen LogP contribution in [0.2, 0.25) is 5.15 Å². The zero-order chi connectivity index (χ0) is 7.84. The van der Waals surface area contributed by atoms with Crippen molar-refractivity contribution in [3.63, 3.8) is 0 Å². The van der Waals surface area contributed by atoms with Gasteiger partial charge in [0.25, 0.3) is 0 Å². The van der Waals surface area contributed by atoms with Crippen LogP contribution in [0.5, 0.6) is 0 Å². The molecule has 3 nitrogen and oxygen atoms in total. The number of hydrogen-bond acceptors (Lipinski definition) is 2. The quantitative estimate of drug-likeness (QED) is 0.697. The zero-order valence-corrected chi connectivity index (χ0v) is 7.67. The van der Waals surface area contributed by atoms with Gasteiger partial charge < -0.3 is 0 Å². The van der Waals surface area contributed by atoms with Crippen LogP contribution in [0.4, 0.5) is 0 Å². The molecule has 0 fully saturated rings. The Hall–Kier alpha value is -0.610. The minimum Gasteiger partial charge on any atom is -0.287 e. The van der Waals surface area contributed by atoms with Gasteiger partial charge in [-0.15, -0.1) is 0 Å². The second-order valence-electron chi connectivity index (χ2n) is 2.00. The lowest BCUT2D eigenvalue weighted by atomic mass is 10.7. The molecule has 0 spiro atoms. The van der Waals surface area contributed by atoms with Gasteiger partial charge in [-0.05, 0) is 15.9 Å². The number of hydrogen-bond donors (Lipinski definition) is 0. The summed E-state index contributed by atoms with van der Waals surface area (Å²) in [5.74, 6) is 0. The van der Waals surface area contributed by atoms with E-state index in [9.17, 15) is 0 Å². The van der Waals surface area contributed by atoms with Crippen LogP contribution in [0.25, 0.3) is 5.65 Å². The molecule has 0 amide bonds. The lowest BCUT2D eigenvalue weighted by Crippen LogP contribution is -1.83. The summed E-state index contributed by atoms with van der Waals surface area (Å²) in [4.78, 5) is 8.00. The summed E-state index contributed by atoms with van der Waals surface area (Å²) in [5, 5.41) is 0.572. The van der Waals surface area contributed by atoms with Crippen molar-refractivity contribution in [2.45, 2.75) is 0 Å². The molecule has 0 unspecified atom stereocenters. The van der Waals surface area contributed by atoms with Crippen LogP contribution in [-0.2, 0) is 0 Å². The van der Waals surface area contributed by atoms with E-state index in [0.717, 1.165) is 5.65 Å². The highest BCUT2D eigenvalue weighted by Gasteiger charge is 2.05. The van der Waals surface area contributed by atoms with Crippen molar-refractivity contribution in [1.82, 2.24) is 14.4 Å². The highest BCUT2D eigenvalue weighted by atomic mass is 79.9. The minimum atomic E-state index is 0.572. The van der Waals surface area contributed by atoms with Crippen molar-refractivity contribution in [2.24, 2.45) is 0 Å². The van der Waals surface area contributed by atoms with E-state index in [4.69, 9.17) is 11.6 Å². The molecule has 0 bridgehead atoms. The molecular formula is C6H3BrClN3. The fourth-order valence-electron chi connectivity index (χ4n) is 0.848. The Morgan fingerprint density at radius 1 is 1.55 bits per heavy atom. The SMILES string of the molecule is Clc1c(Br)nc2cnccn12. The van der Waals surface area contributed by atoms with Crippen molar-refractivity contribution in [2.75, 3.05) is 0 Å². The average Bonchev–Trinajstić information content (AvgIpc) is 2.30. The molecule has 0 aliphatic rings. The monoisotopic (exact) mass is 231 g/mol. The summed E-state index contributed by atoms with van der Waals surface area (Å²) in [6, 6.07) is 0. The molecule has 2 aromatic rings. The third-order valence-corrected chi connectivity index (χ3v) is 2.48. The third kappa shape index (κ3) is 1.02. The molecule has 0 aliphatic heterocycles. The molecule has 0 saturated carbocycles. The molecule has 56 valence electrons. The Morgan fingerprint density at radius 2 is 2.36 bits per heavy atom. The van der Waals surface area contributed by atoms with E-state index < -0.39 is 0 Å². The van der Waals surface area contributed by atoms with Gasteiger partial charge in [0.05, 0.1) is 6.20 Å². The van der Waals surface area contributed by atoms with Gasteiger partial charge in [-0.2, -0.15) is 0 Å². The Bertz CT molecular complexity index is 398. The fourth-order valence-corrected chi connectivity index (χ4v) is 1.41. The zero-order valence-electron chi connectivity index (χ0n) is 5.33. The first-order chi connectivity index (χ1) is 5.29. The molecule has 2 heterocycles. The summed E-state index contributed by atoms with van der Waals surface area (Å²) in [7, 11) is 0. The van der Waals surface area contributed by atoms with E-state index >= 15 is 0 Å². The van der Waals surface area contributed by atoms with Gasteiger partial charge in [0.1, 0.15) is 9.76 Å². The first kappa shape index (κ1) is 7.06. The maximum absolute atomic E-state index is 5.87. The lowest BCUT2D eigenvalue weighted by Gasteiger charge is -1.89. The van der Waals surface area contributed by atoms with Crippen molar-refractivity contribution in [3.8, 4) is 0 Å². The molecule has 0 atom stereocenters. The molecule has 0 saturated heterocycles. The molecule has 2 rings (SSSR count). The standard InChI is InChI=1S/C6H3BrClN3/c7-5-6(8)11-2-1-9-3-4(11)10-5/h1-3H. The van der Waals surface area contributed by atoms with Gasteiger partial charge in [-0.1, -0.05) is 11.6 Å². The van der Waals surface area contributed by atoms with Crippen molar-refractivity contribution < 1.29 is 0 Å². The topological polar surface area (TPSA) is 30.2 Å². The molecular weight excluding hydrogens is 229 g/mol. The van der Waals surface area contributed by atoms with Crippen molar-refractivity contribution in [1.29, 1.82) is 0 Å². The van der Waals surface area contributed by atoms with Crippen molar-refractivity contribution >= 4 is 33.2 Å². The number of fused-ring (bicyclic) bond motifs is 1. The Balaban J connectivity index is 2.92. The average molecular weight is 232 g/mol. The van der Waals surface area contributed by atoms with Crippen molar-refractivity contribution in [3.05, 3.63) is 28.3 Å². The van der Waals surface area contributed by atoms with E-state index in [2.05, 4.69) is 25.9 Å². The van der Waals surface area contributed by atoms with Crippen LogP contribution in [0, 0.1) is 0 Å². The maximum atomic E-state index is 5.87. The minimum absolute atomic E-state index is 0.572. The van der Waals surface area contributed by atoms with E-state index in [0.29, 0.717) is 9.76 Å². The van der Waals surface area contributed by atoms with Crippen LogP contribution in [0.3, 0.4) is 0 Å². The number of imidazole rings is 1. The first-order valence-corrected chi connectivity index (χ1v) is 4.09. The van der Waals surface area contributed by atoms with Crippen LogP contribution < -0.4 is 0 Å². The van der Waals surface area contributed by atoms with E-state index in [1.807, 2.05) is 0 Å². The van der Waals surface area contributed by atoms with Crippen LogP contribution in [-0.4, -0.2) is 14.4 Å². The Kier molecular flexibility index (Phi) is 1.58. The predicted octanol–water partition coefficient (Wildman–Crippen LogP) is 2.15. The molecule has 0 aliphatic carbocycles. The Morgan fingerprint density at radius 3 is 3.09 bits per heavy atom. The van der Waals surface area contributed by atoms with Gasteiger partial charge in [-0.3, -0.25) is 9.38 Å². The molecule has 0 radical (unpaired) electrons. The summed E-state index contributed by atoms with van der Waals surface area (Å²) in [6.07, 6.45) is 5.07. The molecule has 2 aromatic heterocycles. The highest BCUT2D eigenvalue weighted by Crippen LogP contribution is 2.21. The number of rotatable bonds is 0. The van der Waals surface area contributed by atoms with Crippen LogP contribution >= 0.6 is 27.5 Å². The van der Waals surface area contributed by atoms with Gasteiger partial charge in [-0.25, -0.2) is 4.98 Å². The van der Waals surface area contributed by atoms with E-state index in [-0.39, 0.29) is 0 Å². The van der Waals surface area contributed by atoms with Crippen LogP contribution in [0.1, 0.15) is 0 Å². The predicted molar refractivity (Wildman–Crippen MR) is 45.7 cm³/mol.